The average molecular weight is 315 g/mol. The lowest BCUT2D eigenvalue weighted by molar-refractivity contribution is -0.137. The molecule has 21 heavy (non-hydrogen) atoms. The smallest absolute Gasteiger partial charge is 0.375 e. The second kappa shape index (κ2) is 6.13. The second-order valence-corrected chi connectivity index (χ2v) is 5.21. The number of nitrogens with zero attached hydrogens (tertiary/aromatic N) is 1. The molecular weight excluding hydrogens is 303 g/mol. The fourth-order valence-electron chi connectivity index (χ4n) is 1.64. The van der Waals surface area contributed by atoms with Gasteiger partial charge in [-0.1, -0.05) is 12.1 Å². The molecule has 0 saturated heterocycles. The lowest BCUT2D eigenvalue weighted by Gasteiger charge is -2.08. The van der Waals surface area contributed by atoms with Gasteiger partial charge >= 0.3 is 6.18 Å². The van der Waals surface area contributed by atoms with Crippen LogP contribution in [0, 0.1) is 0 Å². The third-order valence-corrected chi connectivity index (χ3v) is 3.40. The van der Waals surface area contributed by atoms with Crippen molar-refractivity contribution in [2.75, 3.05) is 5.73 Å². The molecule has 0 saturated carbocycles. The molecule has 1 heterocycles. The lowest BCUT2D eigenvalue weighted by Crippen LogP contribution is -2.24. The summed E-state index contributed by atoms with van der Waals surface area (Å²) in [5.74, 6) is -0.264. The van der Waals surface area contributed by atoms with Crippen LogP contribution in [0.25, 0.3) is 0 Å². The van der Waals surface area contributed by atoms with Crippen LogP contribution in [0.5, 0.6) is 0 Å². The topological polar surface area (TPSA) is 68.0 Å². The third-order valence-electron chi connectivity index (χ3n) is 2.68. The number of alkyl halides is 3. The van der Waals surface area contributed by atoms with Crippen molar-refractivity contribution in [3.63, 3.8) is 0 Å². The summed E-state index contributed by atoms with van der Waals surface area (Å²) in [4.78, 5) is 15.6. The molecule has 1 amide bonds. The number of benzene rings is 1. The summed E-state index contributed by atoms with van der Waals surface area (Å²) in [6.45, 7) is 0.163. The number of carbonyl (C=O) groups excluding carboxylic acids is 1. The molecular formula is C13H12F3N3OS. The van der Waals surface area contributed by atoms with Crippen LogP contribution in [0.3, 0.4) is 0 Å². The second-order valence-electron chi connectivity index (χ2n) is 4.33. The van der Waals surface area contributed by atoms with Crippen molar-refractivity contribution in [1.29, 1.82) is 0 Å². The first kappa shape index (κ1) is 15.3. The van der Waals surface area contributed by atoms with Crippen LogP contribution in [0.2, 0.25) is 0 Å². The van der Waals surface area contributed by atoms with Crippen LogP contribution in [-0.4, -0.2) is 10.9 Å². The largest absolute Gasteiger partial charge is 0.416 e. The fraction of sp³-hybridized carbons (Fsp3) is 0.231. The van der Waals surface area contributed by atoms with Crippen molar-refractivity contribution >= 4 is 22.4 Å². The first-order valence-electron chi connectivity index (χ1n) is 5.97. The van der Waals surface area contributed by atoms with Gasteiger partial charge in [0.1, 0.15) is 0 Å². The maximum atomic E-state index is 12.4. The Bertz CT molecular complexity index is 622. The minimum absolute atomic E-state index is 0.0916. The van der Waals surface area contributed by atoms with Crippen LogP contribution in [-0.2, 0) is 23.9 Å². The van der Waals surface area contributed by atoms with Crippen molar-refractivity contribution < 1.29 is 18.0 Å². The Balaban J connectivity index is 1.86. The van der Waals surface area contributed by atoms with Crippen molar-refractivity contribution in [1.82, 2.24) is 10.3 Å². The highest BCUT2D eigenvalue weighted by Gasteiger charge is 2.29. The number of carbonyl (C=O) groups is 1. The number of thiazole rings is 1. The molecule has 1 aromatic carbocycles. The molecule has 0 radical (unpaired) electrons. The van der Waals surface area contributed by atoms with Crippen LogP contribution in [0.1, 0.15) is 16.8 Å². The van der Waals surface area contributed by atoms with Crippen LogP contribution in [0.15, 0.2) is 29.6 Å². The van der Waals surface area contributed by atoms with Gasteiger partial charge in [-0.2, -0.15) is 13.2 Å². The van der Waals surface area contributed by atoms with Gasteiger partial charge in [0.25, 0.3) is 0 Å². The summed E-state index contributed by atoms with van der Waals surface area (Å²) >= 11 is 1.24. The highest BCUT2D eigenvalue weighted by atomic mass is 32.1. The van der Waals surface area contributed by atoms with E-state index < -0.39 is 11.7 Å². The van der Waals surface area contributed by atoms with E-state index in [2.05, 4.69) is 10.3 Å². The Labute approximate surface area is 122 Å². The molecule has 8 heteroatoms. The van der Waals surface area contributed by atoms with Crippen LogP contribution in [0.4, 0.5) is 18.3 Å². The summed E-state index contributed by atoms with van der Waals surface area (Å²) in [6, 6.07) is 4.65. The minimum atomic E-state index is -4.35. The van der Waals surface area contributed by atoms with E-state index in [0.29, 0.717) is 16.4 Å². The zero-order valence-electron chi connectivity index (χ0n) is 10.8. The number of rotatable bonds is 4. The maximum Gasteiger partial charge on any atom is 0.416 e. The summed E-state index contributed by atoms with van der Waals surface area (Å²) in [7, 11) is 0. The zero-order chi connectivity index (χ0) is 15.5. The predicted molar refractivity (Wildman–Crippen MR) is 73.5 cm³/mol. The highest BCUT2D eigenvalue weighted by molar-refractivity contribution is 7.13. The Morgan fingerprint density at radius 2 is 1.95 bits per heavy atom. The van der Waals surface area contributed by atoms with E-state index in [1.807, 2.05) is 0 Å². The Hall–Kier alpha value is -2.09. The van der Waals surface area contributed by atoms with Gasteiger partial charge in [-0.3, -0.25) is 4.79 Å². The maximum absolute atomic E-state index is 12.4. The number of aromatic nitrogens is 1. The normalized spacial score (nSPS) is 11.4. The molecule has 0 aliphatic heterocycles. The molecule has 0 spiro atoms. The van der Waals surface area contributed by atoms with Crippen LogP contribution >= 0.6 is 11.3 Å². The van der Waals surface area contributed by atoms with E-state index in [9.17, 15) is 18.0 Å². The van der Waals surface area contributed by atoms with Crippen molar-refractivity contribution in [2.45, 2.75) is 19.1 Å². The van der Waals surface area contributed by atoms with E-state index in [0.717, 1.165) is 12.1 Å². The van der Waals surface area contributed by atoms with E-state index >= 15 is 0 Å². The number of nitrogen functional groups attached to an aromatic ring is 1. The SMILES string of the molecule is Nc1nc(CC(=O)NCc2ccc(C(F)(F)F)cc2)cs1. The van der Waals surface area contributed by atoms with E-state index in [-0.39, 0.29) is 18.9 Å². The van der Waals surface area contributed by atoms with Crippen LogP contribution < -0.4 is 11.1 Å². The van der Waals surface area contributed by atoms with Gasteiger partial charge in [0.15, 0.2) is 5.13 Å². The van der Waals surface area contributed by atoms with Crippen molar-refractivity contribution in [3.8, 4) is 0 Å². The third kappa shape index (κ3) is 4.45. The minimum Gasteiger partial charge on any atom is -0.375 e. The lowest BCUT2D eigenvalue weighted by atomic mass is 10.1. The van der Waals surface area contributed by atoms with Gasteiger partial charge in [-0.25, -0.2) is 4.98 Å². The Morgan fingerprint density at radius 3 is 2.48 bits per heavy atom. The fourth-order valence-corrected chi connectivity index (χ4v) is 2.21. The molecule has 0 atom stereocenters. The van der Waals surface area contributed by atoms with Crippen molar-refractivity contribution in [2.24, 2.45) is 0 Å². The molecule has 2 aromatic rings. The molecule has 2 rings (SSSR count). The average Bonchev–Trinajstić information content (AvgIpc) is 2.81. The van der Waals surface area contributed by atoms with Crippen molar-refractivity contribution in [3.05, 3.63) is 46.5 Å². The summed E-state index contributed by atoms with van der Waals surface area (Å²) < 4.78 is 37.2. The molecule has 112 valence electrons. The van der Waals surface area contributed by atoms with E-state index in [4.69, 9.17) is 5.73 Å². The number of nitrogens with one attached hydrogen (secondary N) is 1. The highest BCUT2D eigenvalue weighted by Crippen LogP contribution is 2.29. The number of hydrogen-bond donors (Lipinski definition) is 2. The summed E-state index contributed by atoms with van der Waals surface area (Å²) in [5, 5.41) is 4.70. The van der Waals surface area contributed by atoms with Gasteiger partial charge in [0.05, 0.1) is 17.7 Å². The molecule has 4 nitrogen and oxygen atoms in total. The van der Waals surface area contributed by atoms with Gasteiger partial charge in [0.2, 0.25) is 5.91 Å². The number of halogens is 3. The van der Waals surface area contributed by atoms with E-state index in [1.54, 1.807) is 5.38 Å². The number of nitrogens with two attached hydrogens (primary N) is 1. The standard InChI is InChI=1S/C13H12F3N3OS/c14-13(15,16)9-3-1-8(2-4-9)6-18-11(20)5-10-7-21-12(17)19-10/h1-4,7H,5-6H2,(H2,17,19)(H,18,20). The molecule has 1 aromatic heterocycles. The molecule has 0 unspecified atom stereocenters. The van der Waals surface area contributed by atoms with Gasteiger partial charge in [-0.15, -0.1) is 11.3 Å². The van der Waals surface area contributed by atoms with E-state index in [1.165, 1.54) is 23.5 Å². The first-order valence-corrected chi connectivity index (χ1v) is 6.85. The number of anilines is 1. The number of hydrogen-bond acceptors (Lipinski definition) is 4. The first-order chi connectivity index (χ1) is 9.84. The molecule has 0 fully saturated rings. The van der Waals surface area contributed by atoms with Gasteiger partial charge < -0.3 is 11.1 Å². The van der Waals surface area contributed by atoms with Gasteiger partial charge in [-0.05, 0) is 17.7 Å². The summed E-state index contributed by atoms with van der Waals surface area (Å²) in [5.41, 5.74) is 5.90. The molecule has 0 aliphatic carbocycles. The molecule has 0 aliphatic rings. The molecule has 3 N–H and O–H groups in total. The number of amides is 1. The predicted octanol–water partition coefficient (Wildman–Crippen LogP) is 2.60. The summed E-state index contributed by atoms with van der Waals surface area (Å²) in [6.07, 6.45) is -4.26. The van der Waals surface area contributed by atoms with Gasteiger partial charge in [0, 0.05) is 11.9 Å². The Morgan fingerprint density at radius 1 is 1.29 bits per heavy atom. The Kier molecular flexibility index (Phi) is 4.46. The quantitative estimate of drug-likeness (QED) is 0.911. The zero-order valence-corrected chi connectivity index (χ0v) is 11.6. The molecule has 0 bridgehead atoms. The monoisotopic (exact) mass is 315 g/mol.